The van der Waals surface area contributed by atoms with Crippen molar-refractivity contribution in [2.75, 3.05) is 0 Å². The molecule has 0 aromatic carbocycles. The van der Waals surface area contributed by atoms with E-state index in [9.17, 15) is 0 Å². The monoisotopic (exact) mass is 136 g/mol. The van der Waals surface area contributed by atoms with E-state index in [1.54, 1.807) is 0 Å². The summed E-state index contributed by atoms with van der Waals surface area (Å²) in [5, 5.41) is 0. The van der Waals surface area contributed by atoms with Gasteiger partial charge in [0.05, 0.1) is 0 Å². The van der Waals surface area contributed by atoms with Gasteiger partial charge in [-0.2, -0.15) is 0 Å². The molecule has 0 spiro atoms. The predicted molar refractivity (Wildman–Crippen MR) is 16.0 cm³/mol. The first-order chi connectivity index (χ1) is 2.00. The largest absolute Gasteiger partial charge is 1.00 e. The van der Waals surface area contributed by atoms with Crippen molar-refractivity contribution in [3.05, 3.63) is 0 Å². The molecule has 0 amide bonds. The maximum atomic E-state index is 8.91. The second kappa shape index (κ2) is 5.16. The summed E-state index contributed by atoms with van der Waals surface area (Å²) in [4.78, 5) is 30.6. The number of hydrogen-bond acceptors (Lipinski definition) is 4. The minimum absolute atomic E-state index is 0. The van der Waals surface area contributed by atoms with Crippen LogP contribution in [-0.4, -0.2) is 28.9 Å². The normalized spacial score (nSPS) is 8.57. The third kappa shape index (κ3) is 171. The van der Waals surface area contributed by atoms with E-state index in [2.05, 4.69) is 0 Å². The first-order valence-electron chi connectivity index (χ1n) is 0.875. The molecule has 5 N–H and O–H groups in total. The molecule has 7 heavy (non-hydrogen) atoms. The van der Waals surface area contributed by atoms with Gasteiger partial charge in [0.15, 0.2) is 0 Å². The van der Waals surface area contributed by atoms with Crippen molar-refractivity contribution in [3.63, 3.8) is 0 Å². The summed E-state index contributed by atoms with van der Waals surface area (Å²) in [7, 11) is -4.86. The van der Waals surface area contributed by atoms with E-state index in [1.807, 2.05) is 0 Å². The molecule has 0 aliphatic heterocycles. The zero-order chi connectivity index (χ0) is 4.50. The van der Waals surface area contributed by atoms with Crippen molar-refractivity contribution < 1.29 is 54.2 Å². The predicted octanol–water partition coefficient (Wildman–Crippen LogP) is -7.06. The number of rotatable bonds is 0. The summed E-state index contributed by atoms with van der Waals surface area (Å²) in [6.07, 6.45) is 0. The van der Waals surface area contributed by atoms with E-state index in [4.69, 9.17) is 19.2 Å². The van der Waals surface area contributed by atoms with E-state index in [0.29, 0.717) is 0 Å². The Morgan fingerprint density at radius 3 is 1.14 bits per heavy atom. The van der Waals surface area contributed by atoms with Gasteiger partial charge >= 0.3 is 38.6 Å². The van der Waals surface area contributed by atoms with Crippen LogP contribution in [0.3, 0.4) is 0 Å². The van der Waals surface area contributed by atoms with Crippen molar-refractivity contribution in [2.24, 2.45) is 0 Å². The maximum absolute atomic E-state index is 8.91. The first-order valence-corrected chi connectivity index (χ1v) is 2.62. The van der Waals surface area contributed by atoms with Crippen LogP contribution in [0.1, 0.15) is 0 Å². The van der Waals surface area contributed by atoms with Gasteiger partial charge in [-0.25, -0.2) is 0 Å². The fourth-order valence-electron chi connectivity index (χ4n) is 0. The van der Waals surface area contributed by atoms with Gasteiger partial charge in [0, 0.05) is 0 Å². The Balaban J connectivity index is -0.0000000800. The third-order valence-electron chi connectivity index (χ3n) is 0. The molecule has 0 rings (SSSR count). The molecule has 0 aromatic heterocycles. The molecule has 0 unspecified atom stereocenters. The fourth-order valence-corrected chi connectivity index (χ4v) is 0. The van der Waals surface area contributed by atoms with Crippen LogP contribution >= 0.6 is 0 Å². The van der Waals surface area contributed by atoms with E-state index in [0.717, 1.165) is 0 Å². The summed E-state index contributed by atoms with van der Waals surface area (Å²) in [5.41, 5.74) is 0. The average Bonchev–Trinajstić information content (AvgIpc) is 0.722. The average molecular weight is 136 g/mol. The van der Waals surface area contributed by atoms with Crippen LogP contribution in [0.4, 0.5) is 0 Å². The number of hydrogen-bond donors (Lipinski definition) is 3. The van der Waals surface area contributed by atoms with E-state index < -0.39 is 9.05 Å². The van der Waals surface area contributed by atoms with Crippen molar-refractivity contribution >= 4 is 9.05 Å². The summed E-state index contributed by atoms with van der Waals surface area (Å²) in [5.74, 6) is 0. The van der Waals surface area contributed by atoms with Gasteiger partial charge in [-0.15, -0.1) is 0 Å². The summed E-state index contributed by atoms with van der Waals surface area (Å²) < 4.78 is 0. The fraction of sp³-hybridized carbons (Fsp3) is 0. The standard InChI is InChI=1S/Na.H3O4Si.H2O/c;1-5(2,3)4;/h;1-3H;1H2/q+1;-1;. The Morgan fingerprint density at radius 1 is 1.14 bits per heavy atom. The Morgan fingerprint density at radius 2 is 1.14 bits per heavy atom. The Labute approximate surface area is 63.3 Å². The van der Waals surface area contributed by atoms with Crippen LogP contribution in [0.15, 0.2) is 0 Å². The van der Waals surface area contributed by atoms with Gasteiger partial charge in [0.1, 0.15) is 0 Å². The molecule has 40 valence electrons. The van der Waals surface area contributed by atoms with Crippen molar-refractivity contribution in [3.8, 4) is 0 Å². The molecule has 0 aromatic rings. The van der Waals surface area contributed by atoms with Crippen LogP contribution in [0.25, 0.3) is 0 Å². The summed E-state index contributed by atoms with van der Waals surface area (Å²) >= 11 is 0. The second-order valence-corrected chi connectivity index (χ2v) is 1.72. The summed E-state index contributed by atoms with van der Waals surface area (Å²) in [6.45, 7) is 0. The molecule has 0 aliphatic rings. The quantitative estimate of drug-likeness (QED) is 0.287. The molecule has 0 fully saturated rings. The van der Waals surface area contributed by atoms with Gasteiger partial charge in [0.2, 0.25) is 0 Å². The van der Waals surface area contributed by atoms with Crippen LogP contribution in [0, 0.1) is 0 Å². The van der Waals surface area contributed by atoms with Gasteiger partial charge in [-0.3, -0.25) is 0 Å². The van der Waals surface area contributed by atoms with Gasteiger partial charge < -0.3 is 24.7 Å². The molecular weight excluding hydrogens is 131 g/mol. The topological polar surface area (TPSA) is 115 Å². The summed E-state index contributed by atoms with van der Waals surface area (Å²) in [6, 6.07) is 0. The Kier molecular flexibility index (Phi) is 11.6. The van der Waals surface area contributed by atoms with Crippen molar-refractivity contribution in [1.82, 2.24) is 0 Å². The van der Waals surface area contributed by atoms with Crippen LogP contribution in [0.2, 0.25) is 0 Å². The molecule has 0 saturated heterocycles. The van der Waals surface area contributed by atoms with Gasteiger partial charge in [-0.1, -0.05) is 0 Å². The molecule has 0 heterocycles. The van der Waals surface area contributed by atoms with Gasteiger partial charge in [-0.05, 0) is 0 Å². The smallest absolute Gasteiger partial charge is 0.794 e. The molecule has 0 radical (unpaired) electrons. The molecule has 0 aliphatic carbocycles. The van der Waals surface area contributed by atoms with Crippen molar-refractivity contribution in [2.45, 2.75) is 0 Å². The van der Waals surface area contributed by atoms with Crippen LogP contribution < -0.4 is 34.4 Å². The minimum atomic E-state index is -4.86. The Bertz CT molecular complexity index is 23.6. The maximum Gasteiger partial charge on any atom is 1.00 e. The molecule has 7 heteroatoms. The molecule has 5 nitrogen and oxygen atoms in total. The van der Waals surface area contributed by atoms with Crippen LogP contribution in [-0.2, 0) is 0 Å². The van der Waals surface area contributed by atoms with E-state index >= 15 is 0 Å². The van der Waals surface area contributed by atoms with E-state index in [1.165, 1.54) is 0 Å². The molecule has 0 saturated carbocycles. The van der Waals surface area contributed by atoms with E-state index in [-0.39, 0.29) is 35.0 Å². The molecule has 0 atom stereocenters. The zero-order valence-electron chi connectivity index (χ0n) is 3.75. The van der Waals surface area contributed by atoms with Crippen molar-refractivity contribution in [1.29, 1.82) is 0 Å². The third-order valence-corrected chi connectivity index (χ3v) is 0. The first kappa shape index (κ1) is 15.7. The van der Waals surface area contributed by atoms with Gasteiger partial charge in [0.25, 0.3) is 0 Å². The molecular formula is H5NaO5Si. The van der Waals surface area contributed by atoms with Crippen LogP contribution in [0.5, 0.6) is 0 Å². The SMILES string of the molecule is O.[Na+].[O-][Si](O)(O)O. The Hall–Kier alpha value is 1.02. The molecule has 0 bridgehead atoms. The second-order valence-electron chi connectivity index (χ2n) is 0.574. The zero-order valence-corrected chi connectivity index (χ0v) is 6.75. The minimum Gasteiger partial charge on any atom is -0.794 e.